The first-order chi connectivity index (χ1) is 10.0. The molecule has 2 fully saturated rings. The van der Waals surface area contributed by atoms with Gasteiger partial charge in [0.1, 0.15) is 5.15 Å². The van der Waals surface area contributed by atoms with Crippen LogP contribution < -0.4 is 11.1 Å². The molecule has 2 atom stereocenters. The molecule has 1 amide bonds. The highest BCUT2D eigenvalue weighted by Gasteiger charge is 2.36. The van der Waals surface area contributed by atoms with E-state index in [0.717, 1.165) is 12.8 Å². The van der Waals surface area contributed by atoms with Crippen LogP contribution in [0.5, 0.6) is 0 Å². The molecule has 0 aliphatic carbocycles. The summed E-state index contributed by atoms with van der Waals surface area (Å²) < 4.78 is 0. The quantitative estimate of drug-likeness (QED) is 0.820. The van der Waals surface area contributed by atoms with E-state index < -0.39 is 0 Å². The number of carbonyl (C=O) groups excluding carboxylic acids is 1. The molecule has 3 N–H and O–H groups in total. The minimum Gasteiger partial charge on any atom is -0.397 e. The number of halogens is 1. The van der Waals surface area contributed by atoms with Gasteiger partial charge in [0.15, 0.2) is 0 Å². The topological polar surface area (TPSA) is 71.2 Å². The molecular formula is C15H21ClN4O. The number of nitrogen functional groups attached to an aromatic ring is 1. The van der Waals surface area contributed by atoms with Crippen molar-refractivity contribution in [3.05, 3.63) is 23.0 Å². The summed E-state index contributed by atoms with van der Waals surface area (Å²) in [4.78, 5) is 18.8. The van der Waals surface area contributed by atoms with Gasteiger partial charge in [0.05, 0.1) is 17.4 Å². The van der Waals surface area contributed by atoms with Gasteiger partial charge in [0.25, 0.3) is 5.91 Å². The van der Waals surface area contributed by atoms with Crippen LogP contribution in [0.3, 0.4) is 0 Å². The van der Waals surface area contributed by atoms with Crippen molar-refractivity contribution >= 4 is 23.2 Å². The smallest absolute Gasteiger partial charge is 0.254 e. The number of anilines is 1. The number of rotatable bonds is 2. The number of nitrogens with zero attached hydrogens (tertiary/aromatic N) is 2. The number of hydrogen-bond acceptors (Lipinski definition) is 4. The van der Waals surface area contributed by atoms with Gasteiger partial charge in [-0.25, -0.2) is 4.98 Å². The van der Waals surface area contributed by atoms with Gasteiger partial charge in [-0.3, -0.25) is 4.79 Å². The van der Waals surface area contributed by atoms with E-state index in [2.05, 4.69) is 22.2 Å². The van der Waals surface area contributed by atoms with Crippen LogP contribution in [0.2, 0.25) is 5.15 Å². The fourth-order valence-electron chi connectivity index (χ4n) is 3.62. The number of aromatic nitrogens is 1. The molecule has 114 valence electrons. The monoisotopic (exact) mass is 308 g/mol. The lowest BCUT2D eigenvalue weighted by molar-refractivity contribution is 0.0463. The highest BCUT2D eigenvalue weighted by Crippen LogP contribution is 2.32. The number of nitrogens with one attached hydrogen (secondary N) is 1. The number of hydrogen-bond donors (Lipinski definition) is 2. The Morgan fingerprint density at radius 1 is 1.43 bits per heavy atom. The molecule has 1 aromatic rings. The average Bonchev–Trinajstić information content (AvgIpc) is 2.42. The summed E-state index contributed by atoms with van der Waals surface area (Å²) in [5, 5.41) is 3.31. The van der Waals surface area contributed by atoms with Crippen LogP contribution in [-0.2, 0) is 0 Å². The second-order valence-electron chi connectivity index (χ2n) is 6.15. The van der Waals surface area contributed by atoms with E-state index in [1.54, 1.807) is 6.07 Å². The molecule has 1 aromatic heterocycles. The first-order valence-electron chi connectivity index (χ1n) is 7.48. The van der Waals surface area contributed by atoms with Gasteiger partial charge in [-0.15, -0.1) is 0 Å². The van der Waals surface area contributed by atoms with Crippen LogP contribution in [0, 0.1) is 0 Å². The van der Waals surface area contributed by atoms with E-state index in [0.29, 0.717) is 23.3 Å². The van der Waals surface area contributed by atoms with E-state index in [1.165, 1.54) is 25.5 Å². The minimum atomic E-state index is -0.174. The maximum absolute atomic E-state index is 12.4. The molecule has 2 aliphatic heterocycles. The van der Waals surface area contributed by atoms with Crippen molar-refractivity contribution in [3.8, 4) is 0 Å². The minimum absolute atomic E-state index is 0.174. The zero-order chi connectivity index (χ0) is 15.0. The maximum Gasteiger partial charge on any atom is 0.254 e. The number of carbonyl (C=O) groups is 1. The number of piperidine rings is 2. The van der Waals surface area contributed by atoms with Crippen LogP contribution in [0.1, 0.15) is 42.5 Å². The fraction of sp³-hybridized carbons (Fsp3) is 0.600. The summed E-state index contributed by atoms with van der Waals surface area (Å²) in [7, 11) is 2.20. The first-order valence-corrected chi connectivity index (χ1v) is 7.86. The summed E-state index contributed by atoms with van der Waals surface area (Å²) in [5.41, 5.74) is 6.49. The van der Waals surface area contributed by atoms with Crippen LogP contribution in [0.25, 0.3) is 0 Å². The second kappa shape index (κ2) is 5.81. The molecule has 0 spiro atoms. The SMILES string of the molecule is CN1C2CCCC1CC(NC(=O)c1cc(N)cnc1Cl)C2. The van der Waals surface area contributed by atoms with Gasteiger partial charge in [-0.2, -0.15) is 0 Å². The summed E-state index contributed by atoms with van der Waals surface area (Å²) in [6, 6.07) is 2.96. The normalized spacial score (nSPS) is 29.1. The Morgan fingerprint density at radius 3 is 2.76 bits per heavy atom. The fourth-order valence-corrected chi connectivity index (χ4v) is 3.81. The Kier molecular flexibility index (Phi) is 4.04. The molecule has 0 saturated carbocycles. The van der Waals surface area contributed by atoms with Gasteiger partial charge < -0.3 is 16.0 Å². The lowest BCUT2D eigenvalue weighted by Gasteiger charge is -2.47. The van der Waals surface area contributed by atoms with Gasteiger partial charge in [0.2, 0.25) is 0 Å². The number of fused-ring (bicyclic) bond motifs is 2. The van der Waals surface area contributed by atoms with Crippen LogP contribution >= 0.6 is 11.6 Å². The zero-order valence-electron chi connectivity index (χ0n) is 12.2. The Hall–Kier alpha value is -1.33. The molecule has 3 rings (SSSR count). The maximum atomic E-state index is 12.4. The predicted octanol–water partition coefficient (Wildman–Crippen LogP) is 2.06. The Labute approximate surface area is 129 Å². The van der Waals surface area contributed by atoms with Gasteiger partial charge in [-0.05, 0) is 38.8 Å². The van der Waals surface area contributed by atoms with E-state index in [9.17, 15) is 4.79 Å². The molecule has 3 heterocycles. The molecule has 0 aromatic carbocycles. The molecule has 6 heteroatoms. The Morgan fingerprint density at radius 2 is 2.10 bits per heavy atom. The van der Waals surface area contributed by atoms with Crippen LogP contribution in [-0.4, -0.2) is 41.0 Å². The van der Waals surface area contributed by atoms with Gasteiger partial charge in [0, 0.05) is 18.1 Å². The highest BCUT2D eigenvalue weighted by molar-refractivity contribution is 6.32. The molecule has 2 bridgehead atoms. The lowest BCUT2D eigenvalue weighted by Crippen LogP contribution is -2.55. The summed E-state index contributed by atoms with van der Waals surface area (Å²) in [6.07, 6.45) is 7.21. The van der Waals surface area contributed by atoms with Gasteiger partial charge >= 0.3 is 0 Å². The van der Waals surface area contributed by atoms with E-state index >= 15 is 0 Å². The second-order valence-corrected chi connectivity index (χ2v) is 6.51. The van der Waals surface area contributed by atoms with E-state index in [1.807, 2.05) is 0 Å². The van der Waals surface area contributed by atoms with Crippen molar-refractivity contribution in [2.75, 3.05) is 12.8 Å². The third-order valence-electron chi connectivity index (χ3n) is 4.78. The zero-order valence-corrected chi connectivity index (χ0v) is 12.9. The average molecular weight is 309 g/mol. The van der Waals surface area contributed by atoms with Crippen molar-refractivity contribution in [2.24, 2.45) is 0 Å². The molecule has 21 heavy (non-hydrogen) atoms. The summed E-state index contributed by atoms with van der Waals surface area (Å²) >= 11 is 5.99. The standard InChI is InChI=1S/C15H21ClN4O/c1-20-11-3-2-4-12(20)7-10(6-11)19-15(21)13-5-9(17)8-18-14(13)16/h5,8,10-12H,2-4,6-7,17H2,1H3,(H,19,21). The summed E-state index contributed by atoms with van der Waals surface area (Å²) in [6.45, 7) is 0. The third-order valence-corrected chi connectivity index (χ3v) is 5.08. The lowest BCUT2D eigenvalue weighted by atomic mass is 9.82. The van der Waals surface area contributed by atoms with Crippen molar-refractivity contribution in [2.45, 2.75) is 50.2 Å². The predicted molar refractivity (Wildman–Crippen MR) is 83.3 cm³/mol. The van der Waals surface area contributed by atoms with Crippen LogP contribution in [0.4, 0.5) is 5.69 Å². The molecule has 2 unspecified atom stereocenters. The molecule has 5 nitrogen and oxygen atoms in total. The largest absolute Gasteiger partial charge is 0.397 e. The van der Waals surface area contributed by atoms with Crippen molar-refractivity contribution in [3.63, 3.8) is 0 Å². The first kappa shape index (κ1) is 14.6. The summed E-state index contributed by atoms with van der Waals surface area (Å²) in [5.74, 6) is -0.174. The molecule has 0 radical (unpaired) electrons. The van der Waals surface area contributed by atoms with Crippen molar-refractivity contribution < 1.29 is 4.79 Å². The number of pyridine rings is 1. The highest BCUT2D eigenvalue weighted by atomic mass is 35.5. The van der Waals surface area contributed by atoms with Crippen molar-refractivity contribution in [1.82, 2.24) is 15.2 Å². The van der Waals surface area contributed by atoms with E-state index in [-0.39, 0.29) is 17.1 Å². The number of nitrogens with two attached hydrogens (primary N) is 1. The van der Waals surface area contributed by atoms with Gasteiger partial charge in [-0.1, -0.05) is 18.0 Å². The number of amides is 1. The third kappa shape index (κ3) is 2.99. The molecule has 2 saturated heterocycles. The molecule has 2 aliphatic rings. The molecular weight excluding hydrogens is 288 g/mol. The van der Waals surface area contributed by atoms with Crippen LogP contribution in [0.15, 0.2) is 12.3 Å². The Bertz CT molecular complexity index is 536. The van der Waals surface area contributed by atoms with E-state index in [4.69, 9.17) is 17.3 Å². The Balaban J connectivity index is 1.69. The van der Waals surface area contributed by atoms with Crippen molar-refractivity contribution in [1.29, 1.82) is 0 Å².